The molecule has 5 rings (SSSR count). The number of hydrogen-bond donors (Lipinski definition) is 3. The van der Waals surface area contributed by atoms with Gasteiger partial charge in [0, 0.05) is 45.5 Å². The molecule has 3 N–H and O–H groups in total. The summed E-state index contributed by atoms with van der Waals surface area (Å²) in [5, 5.41) is 13.3. The molecule has 0 spiro atoms. The molecule has 0 fully saturated rings. The minimum Gasteiger partial charge on any atom is -0.359 e. The number of hydrogen-bond acceptors (Lipinski definition) is 4. The SMILES string of the molecule is C=C/C(=C\C(=C/C)c1ccc2[nH]nc(-c3cc4c(-c5ccccn5)nccc4[nH]3)c2c1)NC(=C)C(C)(C)C. The van der Waals surface area contributed by atoms with Crippen LogP contribution in [0.4, 0.5) is 0 Å². The van der Waals surface area contributed by atoms with E-state index in [1.165, 1.54) is 0 Å². The molecule has 190 valence electrons. The van der Waals surface area contributed by atoms with Crippen molar-refractivity contribution in [1.29, 1.82) is 0 Å². The summed E-state index contributed by atoms with van der Waals surface area (Å²) in [7, 11) is 0. The largest absolute Gasteiger partial charge is 0.359 e. The first-order valence-electron chi connectivity index (χ1n) is 12.6. The van der Waals surface area contributed by atoms with Crippen LogP contribution in [-0.4, -0.2) is 25.1 Å². The molecule has 0 aliphatic heterocycles. The minimum atomic E-state index is -0.0612. The number of aromatic nitrogens is 5. The average Bonchev–Trinajstić information content (AvgIpc) is 3.54. The van der Waals surface area contributed by atoms with Crippen LogP contribution in [0.15, 0.2) is 104 Å². The first kappa shape index (κ1) is 25.0. The highest BCUT2D eigenvalue weighted by Gasteiger charge is 2.17. The van der Waals surface area contributed by atoms with E-state index in [4.69, 9.17) is 0 Å². The van der Waals surface area contributed by atoms with Crippen molar-refractivity contribution in [2.45, 2.75) is 27.7 Å². The highest BCUT2D eigenvalue weighted by atomic mass is 15.1. The maximum absolute atomic E-state index is 4.67. The quantitative estimate of drug-likeness (QED) is 0.199. The van der Waals surface area contributed by atoms with E-state index < -0.39 is 0 Å². The first-order valence-corrected chi connectivity index (χ1v) is 12.6. The Hall–Kier alpha value is -4.71. The highest BCUT2D eigenvalue weighted by Crippen LogP contribution is 2.33. The summed E-state index contributed by atoms with van der Waals surface area (Å²) in [5.74, 6) is 0. The van der Waals surface area contributed by atoms with Crippen LogP contribution in [-0.2, 0) is 0 Å². The molecule has 0 bridgehead atoms. The Morgan fingerprint density at radius 3 is 2.47 bits per heavy atom. The summed E-state index contributed by atoms with van der Waals surface area (Å²) < 4.78 is 0. The smallest absolute Gasteiger partial charge is 0.116 e. The van der Waals surface area contributed by atoms with Crippen LogP contribution < -0.4 is 5.32 Å². The summed E-state index contributed by atoms with van der Waals surface area (Å²) in [6.45, 7) is 16.6. The monoisotopic (exact) mass is 500 g/mol. The Morgan fingerprint density at radius 2 is 1.76 bits per heavy atom. The van der Waals surface area contributed by atoms with Crippen LogP contribution in [0.3, 0.4) is 0 Å². The topological polar surface area (TPSA) is 82.3 Å². The van der Waals surface area contributed by atoms with Crippen LogP contribution >= 0.6 is 0 Å². The number of allylic oxidation sites excluding steroid dienone is 5. The molecule has 0 unspecified atom stereocenters. The van der Waals surface area contributed by atoms with Gasteiger partial charge in [0.05, 0.1) is 22.6 Å². The van der Waals surface area contributed by atoms with Gasteiger partial charge < -0.3 is 10.3 Å². The van der Waals surface area contributed by atoms with E-state index in [0.717, 1.165) is 67.1 Å². The number of aromatic amines is 2. The average molecular weight is 501 g/mol. The van der Waals surface area contributed by atoms with Gasteiger partial charge in [0.2, 0.25) is 0 Å². The number of pyridine rings is 2. The fourth-order valence-electron chi connectivity index (χ4n) is 4.30. The van der Waals surface area contributed by atoms with Gasteiger partial charge in [0.1, 0.15) is 5.69 Å². The number of nitrogens with zero attached hydrogens (tertiary/aromatic N) is 3. The molecular formula is C32H32N6. The van der Waals surface area contributed by atoms with Gasteiger partial charge in [-0.3, -0.25) is 15.1 Å². The van der Waals surface area contributed by atoms with E-state index >= 15 is 0 Å². The Kier molecular flexibility index (Phi) is 6.55. The van der Waals surface area contributed by atoms with Gasteiger partial charge in [-0.05, 0) is 66.6 Å². The van der Waals surface area contributed by atoms with E-state index in [-0.39, 0.29) is 5.41 Å². The third-order valence-electron chi connectivity index (χ3n) is 6.65. The van der Waals surface area contributed by atoms with Crippen LogP contribution in [0.2, 0.25) is 0 Å². The van der Waals surface area contributed by atoms with Crippen LogP contribution in [0, 0.1) is 5.41 Å². The molecule has 1 aromatic carbocycles. The van der Waals surface area contributed by atoms with E-state index in [1.54, 1.807) is 12.4 Å². The summed E-state index contributed by atoms with van der Waals surface area (Å²) in [6, 6.07) is 16.3. The van der Waals surface area contributed by atoms with E-state index in [1.807, 2.05) is 37.3 Å². The predicted molar refractivity (Wildman–Crippen MR) is 158 cm³/mol. The lowest BCUT2D eigenvalue weighted by Crippen LogP contribution is -2.22. The predicted octanol–water partition coefficient (Wildman–Crippen LogP) is 7.79. The molecule has 0 amide bonds. The van der Waals surface area contributed by atoms with Crippen molar-refractivity contribution in [3.05, 3.63) is 109 Å². The number of nitrogens with one attached hydrogen (secondary N) is 3. The first-order chi connectivity index (χ1) is 18.3. The molecule has 6 nitrogen and oxygen atoms in total. The van der Waals surface area contributed by atoms with Crippen molar-refractivity contribution >= 4 is 27.4 Å². The van der Waals surface area contributed by atoms with Crippen LogP contribution in [0.1, 0.15) is 33.3 Å². The molecule has 6 heteroatoms. The van der Waals surface area contributed by atoms with Crippen molar-refractivity contribution in [2.75, 3.05) is 0 Å². The second kappa shape index (κ2) is 9.98. The normalized spacial score (nSPS) is 12.7. The Labute approximate surface area is 222 Å². The van der Waals surface area contributed by atoms with Crippen molar-refractivity contribution < 1.29 is 0 Å². The van der Waals surface area contributed by atoms with Crippen molar-refractivity contribution in [3.8, 4) is 22.8 Å². The van der Waals surface area contributed by atoms with Gasteiger partial charge >= 0.3 is 0 Å². The lowest BCUT2D eigenvalue weighted by Gasteiger charge is -2.24. The zero-order chi connectivity index (χ0) is 26.9. The number of fused-ring (bicyclic) bond motifs is 2. The summed E-state index contributed by atoms with van der Waals surface area (Å²) in [4.78, 5) is 12.6. The Balaban J connectivity index is 1.55. The second-order valence-corrected chi connectivity index (χ2v) is 10.3. The molecule has 0 aliphatic rings. The molecule has 0 saturated heterocycles. The fourth-order valence-corrected chi connectivity index (χ4v) is 4.30. The van der Waals surface area contributed by atoms with Gasteiger partial charge in [-0.25, -0.2) is 0 Å². The molecule has 4 aromatic heterocycles. The third-order valence-corrected chi connectivity index (χ3v) is 6.65. The van der Waals surface area contributed by atoms with E-state index in [2.05, 4.69) is 101 Å². The molecule has 0 atom stereocenters. The molecule has 0 saturated carbocycles. The van der Waals surface area contributed by atoms with Gasteiger partial charge in [-0.1, -0.05) is 52.1 Å². The molecule has 4 heterocycles. The van der Waals surface area contributed by atoms with Crippen molar-refractivity contribution in [3.63, 3.8) is 0 Å². The zero-order valence-corrected chi connectivity index (χ0v) is 22.3. The number of benzene rings is 1. The number of rotatable bonds is 7. The zero-order valence-electron chi connectivity index (χ0n) is 22.3. The lowest BCUT2D eigenvalue weighted by molar-refractivity contribution is 0.478. The molecule has 0 aliphatic carbocycles. The van der Waals surface area contributed by atoms with Gasteiger partial charge in [0.25, 0.3) is 0 Å². The van der Waals surface area contributed by atoms with Crippen LogP contribution in [0.5, 0.6) is 0 Å². The maximum Gasteiger partial charge on any atom is 0.116 e. The van der Waals surface area contributed by atoms with E-state index in [9.17, 15) is 0 Å². The van der Waals surface area contributed by atoms with Gasteiger partial charge in [0.15, 0.2) is 0 Å². The van der Waals surface area contributed by atoms with Gasteiger partial charge in [-0.15, -0.1) is 0 Å². The highest BCUT2D eigenvalue weighted by molar-refractivity contribution is 6.00. The maximum atomic E-state index is 4.67. The third kappa shape index (κ3) is 4.81. The standard InChI is InChI=1S/C32H32N6/c1-7-21(17-23(8-2)35-20(3)32(4,5)6)22-12-13-27-24(18-22)31(38-37-27)29-19-25-26(36-29)14-16-34-30(25)28-11-9-10-15-33-28/h7-19,35-36H,2-3H2,1,4-6H3,(H,37,38)/b21-7+,23-17+. The second-order valence-electron chi connectivity index (χ2n) is 10.3. The molecular weight excluding hydrogens is 468 g/mol. The summed E-state index contributed by atoms with van der Waals surface area (Å²) >= 11 is 0. The Morgan fingerprint density at radius 1 is 0.947 bits per heavy atom. The summed E-state index contributed by atoms with van der Waals surface area (Å²) in [5.41, 5.74) is 9.33. The van der Waals surface area contributed by atoms with Gasteiger partial charge in [-0.2, -0.15) is 5.10 Å². The molecule has 0 radical (unpaired) electrons. The summed E-state index contributed by atoms with van der Waals surface area (Å²) in [6.07, 6.45) is 9.60. The molecule has 38 heavy (non-hydrogen) atoms. The fraction of sp³-hybridized carbons (Fsp3) is 0.156. The Bertz CT molecular complexity index is 1710. The molecule has 5 aromatic rings. The minimum absolute atomic E-state index is 0.0612. The number of H-pyrrole nitrogens is 2. The van der Waals surface area contributed by atoms with Crippen LogP contribution in [0.25, 0.3) is 50.2 Å². The lowest BCUT2D eigenvalue weighted by atomic mass is 9.92. The van der Waals surface area contributed by atoms with Crippen molar-refractivity contribution in [1.82, 2.24) is 30.5 Å². The van der Waals surface area contributed by atoms with E-state index in [0.29, 0.717) is 0 Å². The van der Waals surface area contributed by atoms with Crippen molar-refractivity contribution in [2.24, 2.45) is 5.41 Å².